The third-order valence-electron chi connectivity index (χ3n) is 3.31. The third kappa shape index (κ3) is 5.92. The summed E-state index contributed by atoms with van der Waals surface area (Å²) in [5.41, 5.74) is 0.320. The van der Waals surface area contributed by atoms with Gasteiger partial charge in [0.2, 0.25) is 0 Å². The van der Waals surface area contributed by atoms with Crippen LogP contribution in [0.5, 0.6) is 5.75 Å². The van der Waals surface area contributed by atoms with Crippen LogP contribution in [0.2, 0.25) is 0 Å². The second kappa shape index (κ2) is 7.02. The lowest BCUT2D eigenvalue weighted by atomic mass is 9.86. The van der Waals surface area contributed by atoms with Crippen LogP contribution in [0.4, 0.5) is 19.3 Å². The first-order valence-corrected chi connectivity index (χ1v) is 7.52. The molecule has 1 fully saturated rings. The lowest BCUT2D eigenvalue weighted by molar-refractivity contribution is -0.0498. The van der Waals surface area contributed by atoms with E-state index in [2.05, 4.69) is 15.4 Å². The van der Waals surface area contributed by atoms with Crippen molar-refractivity contribution in [3.8, 4) is 5.75 Å². The van der Waals surface area contributed by atoms with E-state index in [0.717, 1.165) is 18.5 Å². The molecule has 1 saturated carbocycles. The molecule has 1 aliphatic carbocycles. The van der Waals surface area contributed by atoms with Crippen molar-refractivity contribution in [3.63, 3.8) is 0 Å². The minimum absolute atomic E-state index is 0.0868. The van der Waals surface area contributed by atoms with Crippen molar-refractivity contribution >= 4 is 11.8 Å². The molecule has 2 rings (SSSR count). The van der Waals surface area contributed by atoms with Crippen molar-refractivity contribution in [1.82, 2.24) is 5.32 Å². The van der Waals surface area contributed by atoms with Crippen LogP contribution in [-0.2, 0) is 4.74 Å². The van der Waals surface area contributed by atoms with Gasteiger partial charge in [0, 0.05) is 17.8 Å². The zero-order chi connectivity index (χ0) is 17.0. The van der Waals surface area contributed by atoms with Gasteiger partial charge in [-0.3, -0.25) is 0 Å². The summed E-state index contributed by atoms with van der Waals surface area (Å²) in [4.78, 5) is 11.6. The fourth-order valence-electron chi connectivity index (χ4n) is 2.30. The van der Waals surface area contributed by atoms with E-state index < -0.39 is 18.3 Å². The molecule has 0 radical (unpaired) electrons. The van der Waals surface area contributed by atoms with E-state index in [1.165, 1.54) is 12.1 Å². The molecule has 0 saturated heterocycles. The van der Waals surface area contributed by atoms with Crippen molar-refractivity contribution in [2.24, 2.45) is 0 Å². The van der Waals surface area contributed by atoms with Gasteiger partial charge in [-0.05, 0) is 57.9 Å². The zero-order valence-corrected chi connectivity index (χ0v) is 13.4. The Labute approximate surface area is 134 Å². The van der Waals surface area contributed by atoms with E-state index >= 15 is 0 Å². The van der Waals surface area contributed by atoms with Crippen LogP contribution >= 0.6 is 0 Å². The second-order valence-corrected chi connectivity index (χ2v) is 6.56. The minimum atomic E-state index is -2.82. The normalized spacial score (nSPS) is 20.6. The molecule has 0 spiro atoms. The summed E-state index contributed by atoms with van der Waals surface area (Å²) < 4.78 is 33.6. The van der Waals surface area contributed by atoms with E-state index in [1.807, 2.05) is 20.8 Å². The summed E-state index contributed by atoms with van der Waals surface area (Å²) >= 11 is 0. The van der Waals surface area contributed by atoms with Gasteiger partial charge in [-0.15, -0.1) is 0 Å². The Kier molecular flexibility index (Phi) is 5.28. The van der Waals surface area contributed by atoms with Gasteiger partial charge in [0.1, 0.15) is 11.4 Å². The molecule has 0 unspecified atom stereocenters. The molecule has 23 heavy (non-hydrogen) atoms. The molecule has 0 atom stereocenters. The van der Waals surface area contributed by atoms with Crippen molar-refractivity contribution in [3.05, 3.63) is 24.3 Å². The molecular formula is C16H22F2N2O3. The van der Waals surface area contributed by atoms with Gasteiger partial charge in [-0.25, -0.2) is 4.79 Å². The fraction of sp³-hybridized carbons (Fsp3) is 0.562. The summed E-state index contributed by atoms with van der Waals surface area (Å²) in [6, 6.07) is 6.67. The van der Waals surface area contributed by atoms with Crippen molar-refractivity contribution in [1.29, 1.82) is 0 Å². The number of halogens is 2. The van der Waals surface area contributed by atoms with Crippen LogP contribution in [0, 0.1) is 0 Å². The minimum Gasteiger partial charge on any atom is -0.444 e. The van der Waals surface area contributed by atoms with Crippen LogP contribution in [0.15, 0.2) is 24.3 Å². The molecule has 1 aromatic rings. The smallest absolute Gasteiger partial charge is 0.407 e. The molecule has 0 bridgehead atoms. The van der Waals surface area contributed by atoms with Crippen molar-refractivity contribution < 1.29 is 23.0 Å². The number of nitrogens with one attached hydrogen (secondary N) is 2. The number of anilines is 1. The number of benzene rings is 1. The molecule has 0 aromatic heterocycles. The van der Waals surface area contributed by atoms with E-state index in [4.69, 9.17) is 4.74 Å². The number of hydrogen-bond donors (Lipinski definition) is 2. The Hall–Kier alpha value is -2.05. The first-order chi connectivity index (χ1) is 10.7. The molecule has 0 aliphatic heterocycles. The molecular weight excluding hydrogens is 306 g/mol. The van der Waals surface area contributed by atoms with E-state index in [-0.39, 0.29) is 17.8 Å². The highest BCUT2D eigenvalue weighted by Gasteiger charge is 2.31. The van der Waals surface area contributed by atoms with Gasteiger partial charge in [-0.1, -0.05) is 0 Å². The Balaban J connectivity index is 1.70. The standard InChI is InChI=1S/C16H22F2N2O3/c1-16(2,3)23-15(21)20-12-8-11(9-12)19-10-4-6-13(7-5-10)22-14(17)18/h4-7,11-12,14,19H,8-9H2,1-3H3,(H,20,21). The summed E-state index contributed by atoms with van der Waals surface area (Å²) in [6.07, 6.45) is 1.16. The van der Waals surface area contributed by atoms with E-state index in [1.54, 1.807) is 12.1 Å². The van der Waals surface area contributed by atoms with Gasteiger partial charge in [0.25, 0.3) is 0 Å². The maximum absolute atomic E-state index is 12.1. The molecule has 2 N–H and O–H groups in total. The Morgan fingerprint density at radius 3 is 2.30 bits per heavy atom. The lowest BCUT2D eigenvalue weighted by Gasteiger charge is -2.37. The highest BCUT2D eigenvalue weighted by molar-refractivity contribution is 5.68. The largest absolute Gasteiger partial charge is 0.444 e. The van der Waals surface area contributed by atoms with Gasteiger partial charge < -0.3 is 20.1 Å². The summed E-state index contributed by atoms with van der Waals surface area (Å²) in [6.45, 7) is 2.64. The van der Waals surface area contributed by atoms with Crippen molar-refractivity contribution in [2.45, 2.75) is 57.9 Å². The molecule has 5 nitrogen and oxygen atoms in total. The van der Waals surface area contributed by atoms with Crippen LogP contribution in [-0.4, -0.2) is 30.4 Å². The Bertz CT molecular complexity index is 523. The monoisotopic (exact) mass is 328 g/mol. The number of amides is 1. The van der Waals surface area contributed by atoms with E-state index in [0.29, 0.717) is 0 Å². The average molecular weight is 328 g/mol. The number of alkyl halides is 2. The number of hydrogen-bond acceptors (Lipinski definition) is 4. The van der Waals surface area contributed by atoms with Crippen LogP contribution in [0.25, 0.3) is 0 Å². The number of rotatable bonds is 5. The predicted octanol–water partition coefficient (Wildman–Crippen LogP) is 3.76. The predicted molar refractivity (Wildman–Crippen MR) is 82.9 cm³/mol. The first kappa shape index (κ1) is 17.3. The van der Waals surface area contributed by atoms with Gasteiger partial charge in [0.05, 0.1) is 0 Å². The number of ether oxygens (including phenoxy) is 2. The van der Waals surface area contributed by atoms with Gasteiger partial charge >= 0.3 is 12.7 Å². The Morgan fingerprint density at radius 1 is 1.17 bits per heavy atom. The molecule has 1 amide bonds. The summed E-state index contributed by atoms with van der Waals surface area (Å²) in [7, 11) is 0. The highest BCUT2D eigenvalue weighted by atomic mass is 19.3. The van der Waals surface area contributed by atoms with Crippen LogP contribution in [0.1, 0.15) is 33.6 Å². The molecule has 128 valence electrons. The van der Waals surface area contributed by atoms with Gasteiger partial charge in [-0.2, -0.15) is 8.78 Å². The van der Waals surface area contributed by atoms with Crippen molar-refractivity contribution in [2.75, 3.05) is 5.32 Å². The maximum Gasteiger partial charge on any atom is 0.407 e. The topological polar surface area (TPSA) is 59.6 Å². The third-order valence-corrected chi connectivity index (χ3v) is 3.31. The zero-order valence-electron chi connectivity index (χ0n) is 13.4. The molecule has 1 aliphatic rings. The average Bonchev–Trinajstić information content (AvgIpc) is 2.35. The molecule has 1 aromatic carbocycles. The number of alkyl carbamates (subject to hydrolysis) is 1. The van der Waals surface area contributed by atoms with E-state index in [9.17, 15) is 13.6 Å². The maximum atomic E-state index is 12.1. The van der Waals surface area contributed by atoms with Gasteiger partial charge in [0.15, 0.2) is 0 Å². The Morgan fingerprint density at radius 2 is 1.78 bits per heavy atom. The quantitative estimate of drug-likeness (QED) is 0.864. The summed E-state index contributed by atoms with van der Waals surface area (Å²) in [5.74, 6) is 0.128. The molecule has 0 heterocycles. The number of carbonyl (C=O) groups is 1. The highest BCUT2D eigenvalue weighted by Crippen LogP contribution is 2.26. The fourth-order valence-corrected chi connectivity index (χ4v) is 2.30. The SMILES string of the molecule is CC(C)(C)OC(=O)NC1CC(Nc2ccc(OC(F)F)cc2)C1. The second-order valence-electron chi connectivity index (χ2n) is 6.56. The van der Waals surface area contributed by atoms with Crippen LogP contribution < -0.4 is 15.4 Å². The first-order valence-electron chi connectivity index (χ1n) is 7.52. The molecule has 7 heteroatoms. The lowest BCUT2D eigenvalue weighted by Crippen LogP contribution is -2.50. The van der Waals surface area contributed by atoms with Crippen LogP contribution in [0.3, 0.4) is 0 Å². The number of carbonyl (C=O) groups excluding carboxylic acids is 1. The summed E-state index contributed by atoms with van der Waals surface area (Å²) in [5, 5.41) is 6.09.